The van der Waals surface area contributed by atoms with Gasteiger partial charge in [0.25, 0.3) is 0 Å². The van der Waals surface area contributed by atoms with Crippen molar-refractivity contribution in [3.63, 3.8) is 0 Å². The fourth-order valence-electron chi connectivity index (χ4n) is 9.03. The summed E-state index contributed by atoms with van der Waals surface area (Å²) in [6, 6.07) is 108. The molecule has 0 saturated carbocycles. The van der Waals surface area contributed by atoms with E-state index in [1.54, 1.807) is 18.6 Å². The van der Waals surface area contributed by atoms with Gasteiger partial charge in [0, 0.05) is 91.3 Å². The molecule has 0 N–H and O–H groups in total. The number of nitrogens with zero attached hydrogens (tertiary/aromatic N) is 5. The Labute approximate surface area is 568 Å². The van der Waals surface area contributed by atoms with Crippen LogP contribution in [-0.2, 0) is 71.1 Å². The van der Waals surface area contributed by atoms with Crippen LogP contribution in [0.1, 0.15) is 52.7 Å². The summed E-state index contributed by atoms with van der Waals surface area (Å²) in [5.41, 5.74) is 20.0. The van der Waals surface area contributed by atoms with Crippen molar-refractivity contribution in [2.45, 2.75) is 52.4 Å². The molecule has 89 heavy (non-hydrogen) atoms. The van der Waals surface area contributed by atoms with Crippen LogP contribution in [0.5, 0.6) is 0 Å². The minimum atomic E-state index is 0. The van der Waals surface area contributed by atoms with Crippen molar-refractivity contribution in [3.05, 3.63) is 345 Å². The maximum absolute atomic E-state index is 4.53. The van der Waals surface area contributed by atoms with Gasteiger partial charge in [-0.15, -0.1) is 178 Å². The molecule has 8 heteroatoms. The molecule has 0 saturated heterocycles. The molecule has 13 aromatic rings. The van der Waals surface area contributed by atoms with Gasteiger partial charge in [0.1, 0.15) is 0 Å². The molecule has 3 radical (unpaired) electrons. The quantitative estimate of drug-likeness (QED) is 0.142. The molecule has 13 rings (SSSR count). The zero-order chi connectivity index (χ0) is 59.8. The molecule has 0 aliphatic carbocycles. The molecule has 0 amide bonds. The third-order valence-electron chi connectivity index (χ3n) is 13.8. The first-order valence-corrected chi connectivity index (χ1v) is 28.8. The summed E-state index contributed by atoms with van der Waals surface area (Å²) in [7, 11) is 0. The van der Waals surface area contributed by atoms with Crippen molar-refractivity contribution in [1.29, 1.82) is 0 Å². The summed E-state index contributed by atoms with van der Waals surface area (Å²) in [6.45, 7) is 13.3. The van der Waals surface area contributed by atoms with Crippen molar-refractivity contribution >= 4 is 0 Å². The van der Waals surface area contributed by atoms with E-state index in [9.17, 15) is 0 Å². The normalized spacial score (nSPS) is 10.3. The maximum atomic E-state index is 4.53. The Morgan fingerprint density at radius 3 is 0.798 bits per heavy atom. The van der Waals surface area contributed by atoms with Gasteiger partial charge in [0.05, 0.1) is 0 Å². The van der Waals surface area contributed by atoms with Crippen molar-refractivity contribution in [2.75, 3.05) is 0 Å². The van der Waals surface area contributed by atoms with E-state index in [0.717, 1.165) is 56.3 Å². The van der Waals surface area contributed by atoms with Crippen LogP contribution in [0.2, 0.25) is 0 Å². The van der Waals surface area contributed by atoms with Gasteiger partial charge in [0.2, 0.25) is 0 Å². The monoisotopic (exact) mass is 1690 g/mol. The molecule has 8 aromatic carbocycles. The van der Waals surface area contributed by atoms with Gasteiger partial charge in [0.15, 0.2) is 0 Å². The zero-order valence-electron chi connectivity index (χ0n) is 50.6. The van der Waals surface area contributed by atoms with Gasteiger partial charge in [-0.3, -0.25) is 0 Å². The molecular weight excluding hydrogens is 1620 g/mol. The van der Waals surface area contributed by atoms with Gasteiger partial charge in [-0.05, 0) is 97.4 Å². The molecule has 0 spiro atoms. The number of aromatic nitrogens is 5. The van der Waals surface area contributed by atoms with E-state index in [-0.39, 0.29) is 71.1 Å². The third-order valence-corrected chi connectivity index (χ3v) is 13.8. The number of hydrogen-bond donors (Lipinski definition) is 0. The second-order valence-corrected chi connectivity index (χ2v) is 22.1. The standard InChI is InChI=1S/2C21H20N.C17H12N.2C11H8N.3Ir/c2*1-21(2,3)19-12-13-22-20(15-19)18-11-7-10-17(14-18)16-8-5-4-6-9-16;1-2-7-14(8-3-1)15-9-6-10-16(13-15)17-11-4-5-12-18-17;2*1-2-6-10(7-3-1)11-8-4-5-9-12-11;;;/h2*4-10,12-15H,1-3H3;1-9,11-13H;2*1-6,8-9H;;;/q5*-1;;;. The molecule has 0 unspecified atom stereocenters. The van der Waals surface area contributed by atoms with Crippen molar-refractivity contribution < 1.29 is 60.3 Å². The second kappa shape index (κ2) is 35.5. The molecule has 0 aliphatic rings. The largest absolute Gasteiger partial charge is 0.305 e. The van der Waals surface area contributed by atoms with Gasteiger partial charge in [-0.2, -0.15) is 0 Å². The van der Waals surface area contributed by atoms with E-state index in [1.165, 1.54) is 44.5 Å². The van der Waals surface area contributed by atoms with Crippen molar-refractivity contribution in [1.82, 2.24) is 24.9 Å². The van der Waals surface area contributed by atoms with E-state index in [2.05, 4.69) is 218 Å². The van der Waals surface area contributed by atoms with Gasteiger partial charge in [-0.1, -0.05) is 181 Å². The Balaban J connectivity index is 0.000000179. The van der Waals surface area contributed by atoms with E-state index >= 15 is 0 Å². The van der Waals surface area contributed by atoms with Crippen LogP contribution in [0, 0.1) is 30.3 Å². The van der Waals surface area contributed by atoms with Gasteiger partial charge in [-0.25, -0.2) is 0 Å². The predicted molar refractivity (Wildman–Crippen MR) is 356 cm³/mol. The van der Waals surface area contributed by atoms with Crippen molar-refractivity contribution in [3.8, 4) is 89.7 Å². The smallest absolute Gasteiger partial charge is 0.0163 e. The molecule has 0 bridgehead atoms. The predicted octanol–water partition coefficient (Wildman–Crippen LogP) is 20.3. The van der Waals surface area contributed by atoms with Crippen LogP contribution in [0.3, 0.4) is 0 Å². The van der Waals surface area contributed by atoms with Crippen molar-refractivity contribution in [2.24, 2.45) is 0 Å². The SMILES string of the molecule is CC(C)(C)c1ccnc(-c2[c-]ccc(-c3ccccc3)c2)c1.CC(C)(C)c1ccnc(-c2[c-]ccc(-c3ccccc3)c2)c1.[Ir].[Ir].[Ir].[c-]1ccc(-c2ccccc2)cc1-c1ccccn1.[c-]1ccccc1-c1ccccn1.[c-]1ccccc1-c1ccccn1. The topological polar surface area (TPSA) is 64.5 Å². The first-order chi connectivity index (χ1) is 41.9. The fraction of sp³-hybridized carbons (Fsp3) is 0.0988. The summed E-state index contributed by atoms with van der Waals surface area (Å²) in [6.07, 6.45) is 9.16. The molecular formula is C81H68Ir3N5-5. The Kier molecular flexibility index (Phi) is 27.7. The first-order valence-electron chi connectivity index (χ1n) is 28.8. The number of benzene rings is 8. The molecule has 5 aromatic heterocycles. The Bertz CT molecular complexity index is 3750. The summed E-state index contributed by atoms with van der Waals surface area (Å²) in [4.78, 5) is 21.8. The van der Waals surface area contributed by atoms with Crippen LogP contribution in [-0.4, -0.2) is 24.9 Å². The molecule has 5 nitrogen and oxygen atoms in total. The average molecular weight is 1690 g/mol. The number of rotatable bonds is 8. The molecule has 0 fully saturated rings. The minimum absolute atomic E-state index is 0. The van der Waals surface area contributed by atoms with Crippen LogP contribution < -0.4 is 0 Å². The Morgan fingerprint density at radius 2 is 0.506 bits per heavy atom. The van der Waals surface area contributed by atoms with Gasteiger partial charge < -0.3 is 24.9 Å². The minimum Gasteiger partial charge on any atom is -0.305 e. The van der Waals surface area contributed by atoms with Crippen LogP contribution >= 0.6 is 0 Å². The second-order valence-electron chi connectivity index (χ2n) is 22.1. The molecule has 449 valence electrons. The van der Waals surface area contributed by atoms with Gasteiger partial charge >= 0.3 is 0 Å². The Hall–Kier alpha value is -8.54. The zero-order valence-corrected chi connectivity index (χ0v) is 57.8. The number of pyridine rings is 5. The Morgan fingerprint density at radius 1 is 0.225 bits per heavy atom. The van der Waals surface area contributed by atoms with Crippen LogP contribution in [0.4, 0.5) is 0 Å². The number of hydrogen-bond acceptors (Lipinski definition) is 5. The van der Waals surface area contributed by atoms with E-state index in [0.29, 0.717) is 0 Å². The van der Waals surface area contributed by atoms with E-state index in [1.807, 2.05) is 164 Å². The van der Waals surface area contributed by atoms with E-state index in [4.69, 9.17) is 0 Å². The maximum Gasteiger partial charge on any atom is 0.0163 e. The van der Waals surface area contributed by atoms with E-state index < -0.39 is 0 Å². The third kappa shape index (κ3) is 21.3. The summed E-state index contributed by atoms with van der Waals surface area (Å²) in [5.74, 6) is 0. The summed E-state index contributed by atoms with van der Waals surface area (Å²) in [5, 5.41) is 0. The van der Waals surface area contributed by atoms with Crippen LogP contribution in [0.25, 0.3) is 89.7 Å². The molecule has 0 aliphatic heterocycles. The average Bonchev–Trinajstić information content (AvgIpc) is 2.58. The molecule has 5 heterocycles. The first kappa shape index (κ1) is 69.6. The fourth-order valence-corrected chi connectivity index (χ4v) is 9.03. The molecule has 0 atom stereocenters. The summed E-state index contributed by atoms with van der Waals surface area (Å²) < 4.78 is 0. The summed E-state index contributed by atoms with van der Waals surface area (Å²) >= 11 is 0. The van der Waals surface area contributed by atoms with Crippen LogP contribution in [0.15, 0.2) is 304 Å².